The van der Waals surface area contributed by atoms with Gasteiger partial charge in [0, 0.05) is 67.7 Å². The van der Waals surface area contributed by atoms with Crippen LogP contribution in [0, 0.1) is 19.8 Å². The Bertz CT molecular complexity index is 1030. The van der Waals surface area contributed by atoms with Gasteiger partial charge in [-0.15, -0.1) is 0 Å². The molecule has 0 aliphatic carbocycles. The van der Waals surface area contributed by atoms with Crippen LogP contribution in [0.1, 0.15) is 52.5 Å². The van der Waals surface area contributed by atoms with Crippen molar-refractivity contribution in [1.29, 1.82) is 0 Å². The fourth-order valence-corrected chi connectivity index (χ4v) is 5.23. The highest BCUT2D eigenvalue weighted by Crippen LogP contribution is 2.25. The van der Waals surface area contributed by atoms with Crippen molar-refractivity contribution in [3.63, 3.8) is 0 Å². The van der Waals surface area contributed by atoms with E-state index in [4.69, 9.17) is 16.3 Å². The molecule has 1 aromatic carbocycles. The summed E-state index contributed by atoms with van der Waals surface area (Å²) in [6.45, 7) is 10.5. The summed E-state index contributed by atoms with van der Waals surface area (Å²) >= 11 is 6.46. The number of pyridine rings is 1. The third-order valence-corrected chi connectivity index (χ3v) is 7.29. The minimum Gasteiger partial charge on any atom is -0.381 e. The number of carbonyl (C=O) groups is 2. The van der Waals surface area contributed by atoms with Crippen LogP contribution < -0.4 is 0 Å². The number of hydrogen-bond donors (Lipinski definition) is 0. The van der Waals surface area contributed by atoms with E-state index in [2.05, 4.69) is 23.7 Å². The van der Waals surface area contributed by atoms with Crippen LogP contribution >= 0.6 is 11.6 Å². The summed E-state index contributed by atoms with van der Waals surface area (Å²) in [6.07, 6.45) is 3.82. The Morgan fingerprint density at radius 2 is 1.97 bits per heavy atom. The number of halogens is 1. The molecule has 1 amide bonds. The number of carbonyl (C=O) groups excluding carboxylic acids is 2. The maximum atomic E-state index is 13.0. The molecule has 2 aliphatic heterocycles. The van der Waals surface area contributed by atoms with E-state index in [1.807, 2.05) is 36.1 Å². The molecule has 2 aliphatic rings. The largest absolute Gasteiger partial charge is 0.381 e. The van der Waals surface area contributed by atoms with Crippen molar-refractivity contribution < 1.29 is 14.3 Å². The molecule has 0 bridgehead atoms. The number of rotatable bonds is 6. The van der Waals surface area contributed by atoms with Crippen LogP contribution in [-0.4, -0.2) is 65.4 Å². The summed E-state index contributed by atoms with van der Waals surface area (Å²) in [4.78, 5) is 34.5. The number of amides is 1. The summed E-state index contributed by atoms with van der Waals surface area (Å²) in [5, 5.41) is 0.643. The second kappa shape index (κ2) is 11.0. The minimum absolute atomic E-state index is 0.00162. The fraction of sp³-hybridized carbons (Fsp3) is 0.519. The SMILES string of the molecule is Cc1ccc(C(=O)Cc2cc(Cl)cc(CN3CCN(C(=O)[C@@H]4CCCOC4)[C@@H](C)C3)c2C)cn1. The lowest BCUT2D eigenvalue weighted by Crippen LogP contribution is -2.55. The summed E-state index contributed by atoms with van der Waals surface area (Å²) in [6, 6.07) is 7.73. The molecule has 0 N–H and O–H groups in total. The van der Waals surface area contributed by atoms with E-state index < -0.39 is 0 Å². The van der Waals surface area contributed by atoms with E-state index in [0.29, 0.717) is 23.6 Å². The van der Waals surface area contributed by atoms with Gasteiger partial charge < -0.3 is 9.64 Å². The zero-order valence-corrected chi connectivity index (χ0v) is 21.1. The Balaban J connectivity index is 1.41. The molecular formula is C27H34ClN3O3. The van der Waals surface area contributed by atoms with Crippen LogP contribution in [0.25, 0.3) is 0 Å². The molecule has 0 saturated carbocycles. The third-order valence-electron chi connectivity index (χ3n) is 7.07. The van der Waals surface area contributed by atoms with E-state index in [1.54, 1.807) is 6.20 Å². The Morgan fingerprint density at radius 3 is 2.65 bits per heavy atom. The molecular weight excluding hydrogens is 450 g/mol. The van der Waals surface area contributed by atoms with Crippen molar-refractivity contribution in [2.45, 2.75) is 52.6 Å². The highest BCUT2D eigenvalue weighted by atomic mass is 35.5. The van der Waals surface area contributed by atoms with E-state index >= 15 is 0 Å². The van der Waals surface area contributed by atoms with Crippen LogP contribution in [0.5, 0.6) is 0 Å². The van der Waals surface area contributed by atoms with Gasteiger partial charge in [0.15, 0.2) is 5.78 Å². The molecule has 2 fully saturated rings. The maximum absolute atomic E-state index is 13.0. The number of benzene rings is 1. The lowest BCUT2D eigenvalue weighted by Gasteiger charge is -2.42. The fourth-order valence-electron chi connectivity index (χ4n) is 4.97. The first-order valence-electron chi connectivity index (χ1n) is 12.2. The van der Waals surface area contributed by atoms with Gasteiger partial charge in [-0.05, 0) is 74.6 Å². The zero-order chi connectivity index (χ0) is 24.2. The summed E-state index contributed by atoms with van der Waals surface area (Å²) in [5.74, 6) is 0.273. The second-order valence-corrected chi connectivity index (χ2v) is 10.1. The molecule has 3 heterocycles. The topological polar surface area (TPSA) is 62.7 Å². The average Bonchev–Trinajstić information content (AvgIpc) is 2.82. The molecule has 2 aromatic rings. The highest BCUT2D eigenvalue weighted by molar-refractivity contribution is 6.30. The lowest BCUT2D eigenvalue weighted by atomic mass is 9.95. The number of nitrogens with zero attached hydrogens (tertiary/aromatic N) is 3. The van der Waals surface area contributed by atoms with Gasteiger partial charge in [0.05, 0.1) is 12.5 Å². The summed E-state index contributed by atoms with van der Waals surface area (Å²) in [7, 11) is 0. The first kappa shape index (κ1) is 24.8. The Labute approximate surface area is 207 Å². The van der Waals surface area contributed by atoms with Crippen molar-refractivity contribution in [3.05, 3.63) is 63.4 Å². The molecule has 34 heavy (non-hydrogen) atoms. The third kappa shape index (κ3) is 5.85. The Hall–Kier alpha value is -2.28. The van der Waals surface area contributed by atoms with Gasteiger partial charge >= 0.3 is 0 Å². The van der Waals surface area contributed by atoms with E-state index in [-0.39, 0.29) is 23.7 Å². The van der Waals surface area contributed by atoms with E-state index in [1.165, 1.54) is 0 Å². The second-order valence-electron chi connectivity index (χ2n) is 9.67. The van der Waals surface area contributed by atoms with Crippen LogP contribution in [0.15, 0.2) is 30.5 Å². The predicted octanol–water partition coefficient (Wildman–Crippen LogP) is 4.24. The minimum atomic E-state index is 0.00162. The Kier molecular flexibility index (Phi) is 8.02. The van der Waals surface area contributed by atoms with Gasteiger partial charge in [0.2, 0.25) is 5.91 Å². The van der Waals surface area contributed by atoms with Crippen molar-refractivity contribution in [2.75, 3.05) is 32.8 Å². The number of aromatic nitrogens is 1. The molecule has 182 valence electrons. The van der Waals surface area contributed by atoms with Crippen molar-refractivity contribution >= 4 is 23.3 Å². The highest BCUT2D eigenvalue weighted by Gasteiger charge is 2.33. The maximum Gasteiger partial charge on any atom is 0.228 e. The number of ether oxygens (including phenoxy) is 1. The molecule has 0 radical (unpaired) electrons. The molecule has 0 spiro atoms. The van der Waals surface area contributed by atoms with Crippen molar-refractivity contribution in [2.24, 2.45) is 5.92 Å². The van der Waals surface area contributed by atoms with Gasteiger partial charge in [0.1, 0.15) is 0 Å². The van der Waals surface area contributed by atoms with Crippen LogP contribution in [-0.2, 0) is 22.5 Å². The van der Waals surface area contributed by atoms with Gasteiger partial charge in [0.25, 0.3) is 0 Å². The normalized spacial score (nSPS) is 21.5. The van der Waals surface area contributed by atoms with Gasteiger partial charge in [-0.1, -0.05) is 11.6 Å². The summed E-state index contributed by atoms with van der Waals surface area (Å²) < 4.78 is 5.53. The predicted molar refractivity (Wildman–Crippen MR) is 133 cm³/mol. The number of Topliss-reactive ketones (excluding diaryl/α,β-unsaturated/α-hetero) is 1. The number of ketones is 1. The molecule has 4 rings (SSSR count). The van der Waals surface area contributed by atoms with Crippen LogP contribution in [0.3, 0.4) is 0 Å². The number of piperazine rings is 1. The lowest BCUT2D eigenvalue weighted by molar-refractivity contribution is -0.144. The molecule has 1 aromatic heterocycles. The van der Waals surface area contributed by atoms with Crippen LogP contribution in [0.2, 0.25) is 5.02 Å². The van der Waals surface area contributed by atoms with Gasteiger partial charge in [-0.3, -0.25) is 19.5 Å². The number of hydrogen-bond acceptors (Lipinski definition) is 5. The first-order chi connectivity index (χ1) is 16.3. The van der Waals surface area contributed by atoms with Gasteiger partial charge in [-0.2, -0.15) is 0 Å². The van der Waals surface area contributed by atoms with Crippen molar-refractivity contribution in [1.82, 2.24) is 14.8 Å². The standard InChI is InChI=1S/C27H34ClN3O3/c1-18-6-7-21(14-29-18)26(32)13-23-11-25(28)12-24(20(23)3)16-30-8-9-31(19(2)15-30)27(33)22-5-4-10-34-17-22/h6-7,11-12,14,19,22H,4-5,8-10,13,15-17H2,1-3H3/t19-,22+/m0/s1. The first-order valence-corrected chi connectivity index (χ1v) is 12.5. The smallest absolute Gasteiger partial charge is 0.228 e. The van der Waals surface area contributed by atoms with Crippen molar-refractivity contribution in [3.8, 4) is 0 Å². The van der Waals surface area contributed by atoms with E-state index in [9.17, 15) is 9.59 Å². The molecule has 2 saturated heterocycles. The molecule has 2 atom stereocenters. The van der Waals surface area contributed by atoms with Gasteiger partial charge in [-0.25, -0.2) is 0 Å². The zero-order valence-electron chi connectivity index (χ0n) is 20.3. The number of aryl methyl sites for hydroxylation is 1. The quantitative estimate of drug-likeness (QED) is 0.575. The molecule has 6 nitrogen and oxygen atoms in total. The van der Waals surface area contributed by atoms with E-state index in [0.717, 1.165) is 68.0 Å². The molecule has 0 unspecified atom stereocenters. The summed E-state index contributed by atoms with van der Waals surface area (Å²) in [5.41, 5.74) is 4.69. The molecule has 7 heteroatoms. The monoisotopic (exact) mass is 483 g/mol. The van der Waals surface area contributed by atoms with Crippen LogP contribution in [0.4, 0.5) is 0 Å². The Morgan fingerprint density at radius 1 is 1.18 bits per heavy atom. The average molecular weight is 484 g/mol.